The van der Waals surface area contributed by atoms with Crippen molar-refractivity contribution in [2.24, 2.45) is 14.1 Å². The number of nitrogens with zero attached hydrogens (tertiary/aromatic N) is 6. The molecule has 2 aromatic rings. The minimum absolute atomic E-state index is 0.635. The maximum absolute atomic E-state index is 3.90. The smallest absolute Gasteiger partial charge is 0.224 e. The van der Waals surface area contributed by atoms with Crippen molar-refractivity contribution in [3.63, 3.8) is 0 Å². The van der Waals surface area contributed by atoms with Crippen LogP contribution < -0.4 is 5.32 Å². The summed E-state index contributed by atoms with van der Waals surface area (Å²) in [7, 11) is 3.73. The quantitative estimate of drug-likeness (QED) is 0.715. The second-order valence-electron chi connectivity index (χ2n) is 2.97. The van der Waals surface area contributed by atoms with Crippen LogP contribution in [0.4, 0.5) is 5.95 Å². The van der Waals surface area contributed by atoms with Crippen molar-refractivity contribution in [2.75, 3.05) is 5.32 Å². The molecule has 2 heterocycles. The zero-order valence-corrected chi connectivity index (χ0v) is 8.05. The highest BCUT2D eigenvalue weighted by molar-refractivity contribution is 5.23. The Morgan fingerprint density at radius 3 is 2.79 bits per heavy atom. The summed E-state index contributed by atoms with van der Waals surface area (Å²) in [6, 6.07) is 0. The lowest BCUT2D eigenvalue weighted by atomic mass is 10.5. The van der Waals surface area contributed by atoms with E-state index in [0.717, 1.165) is 11.6 Å². The van der Waals surface area contributed by atoms with E-state index in [9.17, 15) is 0 Å². The molecule has 0 aliphatic heterocycles. The van der Waals surface area contributed by atoms with Gasteiger partial charge in [0.15, 0.2) is 0 Å². The number of aromatic nitrogens is 6. The van der Waals surface area contributed by atoms with Crippen molar-refractivity contribution in [1.82, 2.24) is 29.8 Å². The molecule has 7 heteroatoms. The van der Waals surface area contributed by atoms with Crippen molar-refractivity contribution < 1.29 is 0 Å². The van der Waals surface area contributed by atoms with Crippen molar-refractivity contribution >= 4 is 5.95 Å². The van der Waals surface area contributed by atoms with E-state index in [2.05, 4.69) is 25.8 Å². The first-order chi connectivity index (χ1) is 6.77. The van der Waals surface area contributed by atoms with E-state index < -0.39 is 0 Å². The van der Waals surface area contributed by atoms with Gasteiger partial charge in [-0.25, -0.2) is 0 Å². The second-order valence-corrected chi connectivity index (χ2v) is 2.97. The van der Waals surface area contributed by atoms with Crippen molar-refractivity contribution in [3.05, 3.63) is 18.2 Å². The summed E-state index contributed by atoms with van der Waals surface area (Å²) in [6.07, 6.45) is 3.35. The Hall–Kier alpha value is -1.92. The largest absolute Gasteiger partial charge is 0.349 e. The SMILES string of the molecule is Cn1cnnc1NCc1cnnn1C. The van der Waals surface area contributed by atoms with Gasteiger partial charge in [-0.2, -0.15) is 0 Å². The zero-order chi connectivity index (χ0) is 9.97. The maximum atomic E-state index is 3.90. The highest BCUT2D eigenvalue weighted by atomic mass is 15.4. The molecule has 14 heavy (non-hydrogen) atoms. The Bertz CT molecular complexity index is 375. The number of aryl methyl sites for hydroxylation is 2. The fourth-order valence-electron chi connectivity index (χ4n) is 1.08. The molecular formula is C7H11N7. The Labute approximate surface area is 80.8 Å². The molecule has 2 rings (SSSR count). The van der Waals surface area contributed by atoms with E-state index in [1.165, 1.54) is 0 Å². The van der Waals surface area contributed by atoms with Gasteiger partial charge in [0.2, 0.25) is 5.95 Å². The number of hydrogen-bond acceptors (Lipinski definition) is 5. The number of anilines is 1. The molecule has 0 amide bonds. The number of nitrogens with one attached hydrogen (secondary N) is 1. The van der Waals surface area contributed by atoms with E-state index in [1.54, 1.807) is 17.2 Å². The number of rotatable bonds is 3. The first kappa shape index (κ1) is 8.67. The Morgan fingerprint density at radius 2 is 2.21 bits per heavy atom. The summed E-state index contributed by atoms with van der Waals surface area (Å²) < 4.78 is 3.52. The molecule has 0 aliphatic carbocycles. The molecule has 0 radical (unpaired) electrons. The van der Waals surface area contributed by atoms with Crippen LogP contribution >= 0.6 is 0 Å². The second kappa shape index (κ2) is 3.44. The van der Waals surface area contributed by atoms with Crippen molar-refractivity contribution in [3.8, 4) is 0 Å². The molecule has 1 N–H and O–H groups in total. The van der Waals surface area contributed by atoms with Gasteiger partial charge < -0.3 is 9.88 Å². The van der Waals surface area contributed by atoms with Crippen LogP contribution in [-0.2, 0) is 20.6 Å². The van der Waals surface area contributed by atoms with Crippen LogP contribution in [-0.4, -0.2) is 29.8 Å². The Balaban J connectivity index is 2.02. The third-order valence-corrected chi connectivity index (χ3v) is 1.95. The van der Waals surface area contributed by atoms with Crippen LogP contribution in [0.15, 0.2) is 12.5 Å². The molecule has 0 unspecified atom stereocenters. The van der Waals surface area contributed by atoms with Gasteiger partial charge in [-0.05, 0) is 0 Å². The van der Waals surface area contributed by atoms with Gasteiger partial charge in [0.05, 0.1) is 18.4 Å². The molecule has 0 saturated heterocycles. The third kappa shape index (κ3) is 1.56. The fraction of sp³-hybridized carbons (Fsp3) is 0.429. The summed E-state index contributed by atoms with van der Waals surface area (Å²) in [5, 5.41) is 18.4. The van der Waals surface area contributed by atoms with Crippen LogP contribution in [0.1, 0.15) is 5.69 Å². The third-order valence-electron chi connectivity index (χ3n) is 1.95. The van der Waals surface area contributed by atoms with Crippen LogP contribution in [0, 0.1) is 0 Å². The zero-order valence-electron chi connectivity index (χ0n) is 8.05. The van der Waals surface area contributed by atoms with Crippen LogP contribution in [0.5, 0.6) is 0 Å². The van der Waals surface area contributed by atoms with Gasteiger partial charge in [-0.3, -0.25) is 4.68 Å². The standard InChI is InChI=1S/C7H11N7/c1-13-5-10-11-7(13)8-3-6-4-9-12-14(6)2/h4-5H,3H2,1-2H3,(H,8,11). The van der Waals surface area contributed by atoms with Crippen molar-refractivity contribution in [2.45, 2.75) is 6.54 Å². The monoisotopic (exact) mass is 193 g/mol. The van der Waals surface area contributed by atoms with Crippen LogP contribution in [0.25, 0.3) is 0 Å². The fourth-order valence-corrected chi connectivity index (χ4v) is 1.08. The molecule has 0 bridgehead atoms. The van der Waals surface area contributed by atoms with Crippen LogP contribution in [0.3, 0.4) is 0 Å². The summed E-state index contributed by atoms with van der Waals surface area (Å²) in [5.41, 5.74) is 0.994. The molecule has 0 fully saturated rings. The molecule has 0 aromatic carbocycles. The molecular weight excluding hydrogens is 182 g/mol. The highest BCUT2D eigenvalue weighted by Gasteiger charge is 2.02. The average molecular weight is 193 g/mol. The lowest BCUT2D eigenvalue weighted by Crippen LogP contribution is -2.08. The lowest BCUT2D eigenvalue weighted by Gasteiger charge is -2.03. The molecule has 0 atom stereocenters. The highest BCUT2D eigenvalue weighted by Crippen LogP contribution is 2.01. The average Bonchev–Trinajstić information content (AvgIpc) is 2.72. The normalized spacial score (nSPS) is 10.4. The molecule has 74 valence electrons. The number of hydrogen-bond donors (Lipinski definition) is 1. The van der Waals surface area contributed by atoms with Crippen LogP contribution in [0.2, 0.25) is 0 Å². The van der Waals surface area contributed by atoms with Gasteiger partial charge >= 0.3 is 0 Å². The van der Waals surface area contributed by atoms with E-state index in [-0.39, 0.29) is 0 Å². The van der Waals surface area contributed by atoms with E-state index >= 15 is 0 Å². The van der Waals surface area contributed by atoms with E-state index in [4.69, 9.17) is 0 Å². The summed E-state index contributed by atoms with van der Waals surface area (Å²) in [6.45, 7) is 0.635. The van der Waals surface area contributed by atoms with Gasteiger partial charge in [0.25, 0.3) is 0 Å². The Morgan fingerprint density at radius 1 is 1.36 bits per heavy atom. The van der Waals surface area contributed by atoms with Gasteiger partial charge in [0, 0.05) is 14.1 Å². The molecule has 0 saturated carbocycles. The minimum atomic E-state index is 0.635. The summed E-state index contributed by atoms with van der Waals surface area (Å²) in [5.74, 6) is 0.728. The topological polar surface area (TPSA) is 73.5 Å². The molecule has 2 aromatic heterocycles. The predicted octanol–water partition coefficient (Wildman–Crippen LogP) is -0.444. The maximum Gasteiger partial charge on any atom is 0.224 e. The van der Waals surface area contributed by atoms with E-state index in [1.807, 2.05) is 18.7 Å². The first-order valence-electron chi connectivity index (χ1n) is 4.19. The molecule has 7 nitrogen and oxygen atoms in total. The first-order valence-corrected chi connectivity index (χ1v) is 4.19. The van der Waals surface area contributed by atoms with Gasteiger partial charge in [0.1, 0.15) is 6.33 Å². The minimum Gasteiger partial charge on any atom is -0.349 e. The van der Waals surface area contributed by atoms with Crippen molar-refractivity contribution in [1.29, 1.82) is 0 Å². The molecule has 0 aliphatic rings. The van der Waals surface area contributed by atoms with Gasteiger partial charge in [-0.15, -0.1) is 15.3 Å². The summed E-state index contributed by atoms with van der Waals surface area (Å²) in [4.78, 5) is 0. The van der Waals surface area contributed by atoms with E-state index in [0.29, 0.717) is 6.54 Å². The van der Waals surface area contributed by atoms with Gasteiger partial charge in [-0.1, -0.05) is 5.21 Å². The Kier molecular flexibility index (Phi) is 2.13. The lowest BCUT2D eigenvalue weighted by molar-refractivity contribution is 0.682. The summed E-state index contributed by atoms with van der Waals surface area (Å²) >= 11 is 0. The predicted molar refractivity (Wildman–Crippen MR) is 49.3 cm³/mol. The molecule has 0 spiro atoms.